The summed E-state index contributed by atoms with van der Waals surface area (Å²) in [5.74, 6) is 0. The lowest BCUT2D eigenvalue weighted by Crippen LogP contribution is -2.38. The zero-order valence-electron chi connectivity index (χ0n) is 13.6. The smallest absolute Gasteiger partial charge is 0.412 e. The quantitative estimate of drug-likeness (QED) is 0.875. The van der Waals surface area contributed by atoms with E-state index in [1.165, 1.54) is 0 Å². The summed E-state index contributed by atoms with van der Waals surface area (Å²) in [7, 11) is 1.91. The van der Waals surface area contributed by atoms with Crippen LogP contribution in [0.1, 0.15) is 40.2 Å². The van der Waals surface area contributed by atoms with Crippen LogP contribution in [-0.2, 0) is 11.2 Å². The van der Waals surface area contributed by atoms with Gasteiger partial charge < -0.3 is 10.1 Å². The van der Waals surface area contributed by atoms with E-state index in [1.807, 2.05) is 40.0 Å². The van der Waals surface area contributed by atoms with Crippen molar-refractivity contribution in [2.24, 2.45) is 0 Å². The number of rotatable bonds is 4. The molecule has 2 N–H and O–H groups in total. The zero-order valence-corrected chi connectivity index (χ0v) is 14.4. The highest BCUT2D eigenvalue weighted by molar-refractivity contribution is 6.31. The Hall–Kier alpha value is -1.26. The zero-order chi connectivity index (χ0) is 16.3. The second kappa shape index (κ2) is 6.67. The van der Waals surface area contributed by atoms with E-state index in [9.17, 15) is 4.79 Å². The number of benzene rings is 1. The van der Waals surface area contributed by atoms with E-state index < -0.39 is 11.7 Å². The Balaban J connectivity index is 2.95. The van der Waals surface area contributed by atoms with Crippen LogP contribution in [-0.4, -0.2) is 24.3 Å². The van der Waals surface area contributed by atoms with E-state index in [4.69, 9.17) is 16.3 Å². The van der Waals surface area contributed by atoms with Crippen molar-refractivity contribution >= 4 is 23.4 Å². The van der Waals surface area contributed by atoms with Gasteiger partial charge in [-0.25, -0.2) is 4.79 Å². The minimum atomic E-state index is -0.535. The molecule has 0 unspecified atom stereocenters. The number of carbonyl (C=O) groups is 1. The van der Waals surface area contributed by atoms with Gasteiger partial charge in [-0.15, -0.1) is 0 Å². The topological polar surface area (TPSA) is 50.4 Å². The van der Waals surface area contributed by atoms with Crippen LogP contribution in [0.2, 0.25) is 5.02 Å². The van der Waals surface area contributed by atoms with Gasteiger partial charge in [-0.2, -0.15) is 0 Å². The maximum atomic E-state index is 11.9. The average Bonchev–Trinajstić information content (AvgIpc) is 2.30. The van der Waals surface area contributed by atoms with Gasteiger partial charge in [0.1, 0.15) is 5.60 Å². The fraction of sp³-hybridized carbons (Fsp3) is 0.562. The normalized spacial score (nSPS) is 12.1. The van der Waals surface area contributed by atoms with Crippen molar-refractivity contribution in [2.75, 3.05) is 12.4 Å². The molecule has 0 saturated carbocycles. The molecule has 0 aromatic heterocycles. The lowest BCUT2D eigenvalue weighted by atomic mass is 9.94. The molecule has 21 heavy (non-hydrogen) atoms. The second-order valence-corrected chi connectivity index (χ2v) is 7.18. The maximum absolute atomic E-state index is 11.9. The number of halogens is 1. The molecule has 1 aromatic rings. The largest absolute Gasteiger partial charge is 0.444 e. The summed E-state index contributed by atoms with van der Waals surface area (Å²) in [5.41, 5.74) is 1.07. The van der Waals surface area contributed by atoms with Crippen molar-refractivity contribution in [3.05, 3.63) is 28.8 Å². The van der Waals surface area contributed by atoms with E-state index >= 15 is 0 Å². The van der Waals surface area contributed by atoms with E-state index in [0.29, 0.717) is 10.7 Å². The summed E-state index contributed by atoms with van der Waals surface area (Å²) in [6.07, 6.45) is 0.277. The number of likely N-dealkylation sites (N-methyl/N-ethyl adjacent to an activating group) is 1. The van der Waals surface area contributed by atoms with Gasteiger partial charge >= 0.3 is 6.09 Å². The number of ether oxygens (including phenoxy) is 1. The molecule has 118 valence electrons. The van der Waals surface area contributed by atoms with Gasteiger partial charge in [0.25, 0.3) is 0 Å². The first-order valence-electron chi connectivity index (χ1n) is 7.00. The first-order valence-corrected chi connectivity index (χ1v) is 7.37. The number of amides is 1. The molecule has 0 aliphatic rings. The van der Waals surface area contributed by atoms with Crippen molar-refractivity contribution in [3.8, 4) is 0 Å². The van der Waals surface area contributed by atoms with E-state index in [1.54, 1.807) is 6.07 Å². The number of hydrogen-bond donors (Lipinski definition) is 2. The average molecular weight is 313 g/mol. The third-order valence-electron chi connectivity index (χ3n) is 3.02. The van der Waals surface area contributed by atoms with Crippen molar-refractivity contribution < 1.29 is 9.53 Å². The Bertz CT molecular complexity index is 507. The van der Waals surface area contributed by atoms with E-state index in [-0.39, 0.29) is 5.54 Å². The fourth-order valence-corrected chi connectivity index (χ4v) is 1.97. The predicted molar refractivity (Wildman–Crippen MR) is 88.2 cm³/mol. The van der Waals surface area contributed by atoms with Gasteiger partial charge in [-0.3, -0.25) is 5.32 Å². The van der Waals surface area contributed by atoms with Crippen LogP contribution in [0.3, 0.4) is 0 Å². The molecule has 0 spiro atoms. The Kier molecular flexibility index (Phi) is 5.65. The summed E-state index contributed by atoms with van der Waals surface area (Å²) in [4.78, 5) is 11.9. The fourth-order valence-electron chi connectivity index (χ4n) is 1.80. The predicted octanol–water partition coefficient (Wildman–Crippen LogP) is 4.23. The Labute approximate surface area is 132 Å². The highest BCUT2D eigenvalue weighted by Crippen LogP contribution is 2.25. The van der Waals surface area contributed by atoms with Crippen LogP contribution < -0.4 is 10.6 Å². The van der Waals surface area contributed by atoms with Crippen LogP contribution in [0.5, 0.6) is 0 Å². The SMILES string of the molecule is CNC(C)(C)Cc1ccc(Cl)cc1NC(=O)OC(C)(C)C. The summed E-state index contributed by atoms with van der Waals surface area (Å²) in [5, 5.41) is 6.60. The molecule has 1 rings (SSSR count). The molecule has 0 bridgehead atoms. The van der Waals surface area contributed by atoms with Crippen molar-refractivity contribution in [1.29, 1.82) is 0 Å². The summed E-state index contributed by atoms with van der Waals surface area (Å²) in [6.45, 7) is 9.68. The molecule has 0 heterocycles. The minimum absolute atomic E-state index is 0.0851. The van der Waals surface area contributed by atoms with Gasteiger partial charge in [0.05, 0.1) is 0 Å². The third-order valence-corrected chi connectivity index (χ3v) is 3.25. The molecule has 0 fully saturated rings. The third kappa shape index (κ3) is 6.36. The first-order chi connectivity index (χ1) is 9.52. The van der Waals surface area contributed by atoms with Gasteiger partial charge in [0, 0.05) is 16.2 Å². The summed E-state index contributed by atoms with van der Waals surface area (Å²) >= 11 is 6.03. The Morgan fingerprint density at radius 2 is 1.86 bits per heavy atom. The molecule has 1 amide bonds. The molecule has 5 heteroatoms. The Morgan fingerprint density at radius 3 is 2.38 bits per heavy atom. The highest BCUT2D eigenvalue weighted by atomic mass is 35.5. The number of hydrogen-bond acceptors (Lipinski definition) is 3. The number of anilines is 1. The van der Waals surface area contributed by atoms with Crippen LogP contribution >= 0.6 is 11.6 Å². The van der Waals surface area contributed by atoms with E-state index in [2.05, 4.69) is 24.5 Å². The van der Waals surface area contributed by atoms with Crippen LogP contribution in [0.4, 0.5) is 10.5 Å². The van der Waals surface area contributed by atoms with Gasteiger partial charge in [-0.05, 0) is 65.8 Å². The maximum Gasteiger partial charge on any atom is 0.412 e. The van der Waals surface area contributed by atoms with Crippen LogP contribution in [0, 0.1) is 0 Å². The molecule has 0 atom stereocenters. The molecular formula is C16H25ClN2O2. The Morgan fingerprint density at radius 1 is 1.24 bits per heavy atom. The lowest BCUT2D eigenvalue weighted by molar-refractivity contribution is 0.0635. The first kappa shape index (κ1) is 17.8. The number of nitrogens with one attached hydrogen (secondary N) is 2. The van der Waals surface area contributed by atoms with Crippen molar-refractivity contribution in [1.82, 2.24) is 5.32 Å². The van der Waals surface area contributed by atoms with Crippen molar-refractivity contribution in [3.63, 3.8) is 0 Å². The standard InChI is InChI=1S/C16H25ClN2O2/c1-15(2,3)21-14(20)19-13-9-12(17)8-7-11(13)10-16(4,5)18-6/h7-9,18H,10H2,1-6H3,(H,19,20). The van der Waals surface area contributed by atoms with Crippen LogP contribution in [0.15, 0.2) is 18.2 Å². The van der Waals surface area contributed by atoms with E-state index in [0.717, 1.165) is 12.0 Å². The molecule has 1 aromatic carbocycles. The van der Waals surface area contributed by atoms with Crippen LogP contribution in [0.25, 0.3) is 0 Å². The highest BCUT2D eigenvalue weighted by Gasteiger charge is 2.20. The molecule has 0 aliphatic carbocycles. The minimum Gasteiger partial charge on any atom is -0.444 e. The van der Waals surface area contributed by atoms with Gasteiger partial charge in [0.2, 0.25) is 0 Å². The summed E-state index contributed by atoms with van der Waals surface area (Å²) in [6, 6.07) is 5.49. The second-order valence-electron chi connectivity index (χ2n) is 6.74. The molecule has 0 aliphatic heterocycles. The molecule has 4 nitrogen and oxygen atoms in total. The van der Waals surface area contributed by atoms with Gasteiger partial charge in [-0.1, -0.05) is 17.7 Å². The number of carbonyl (C=O) groups excluding carboxylic acids is 1. The molecule has 0 radical (unpaired) electrons. The summed E-state index contributed by atoms with van der Waals surface area (Å²) < 4.78 is 5.28. The molecule has 0 saturated heterocycles. The van der Waals surface area contributed by atoms with Crippen molar-refractivity contribution in [2.45, 2.75) is 52.2 Å². The molecular weight excluding hydrogens is 288 g/mol. The van der Waals surface area contributed by atoms with Gasteiger partial charge in [0.15, 0.2) is 0 Å². The lowest BCUT2D eigenvalue weighted by Gasteiger charge is -2.26. The monoisotopic (exact) mass is 312 g/mol.